The third-order valence-corrected chi connectivity index (χ3v) is 4.70. The molecule has 0 radical (unpaired) electrons. The number of ether oxygens (including phenoxy) is 1. The van der Waals surface area contributed by atoms with Crippen molar-refractivity contribution in [1.82, 2.24) is 4.72 Å². The van der Waals surface area contributed by atoms with Crippen LogP contribution in [0.2, 0.25) is 0 Å². The number of anilines is 1. The van der Waals surface area contributed by atoms with Crippen molar-refractivity contribution in [1.29, 1.82) is 0 Å². The maximum Gasteiger partial charge on any atom is 0.266 e. The zero-order valence-corrected chi connectivity index (χ0v) is 13.9. The molecule has 0 atom stereocenters. The Hall–Kier alpha value is -1.76. The number of sulfonamides is 1. The van der Waals surface area contributed by atoms with Crippen LogP contribution in [0.5, 0.6) is 5.75 Å². The van der Waals surface area contributed by atoms with Gasteiger partial charge in [0, 0.05) is 12.6 Å². The van der Waals surface area contributed by atoms with Gasteiger partial charge in [-0.3, -0.25) is 4.99 Å². The lowest BCUT2D eigenvalue weighted by atomic mass is 10.2. The zero-order chi connectivity index (χ0) is 16.0. The number of nitrogens with zero attached hydrogens (tertiary/aromatic N) is 1. The van der Waals surface area contributed by atoms with Crippen LogP contribution in [0.3, 0.4) is 0 Å². The highest BCUT2D eigenvalue weighted by Gasteiger charge is 2.26. The molecule has 22 heavy (non-hydrogen) atoms. The highest BCUT2D eigenvalue weighted by Crippen LogP contribution is 2.28. The molecule has 0 aromatic heterocycles. The Labute approximate surface area is 132 Å². The van der Waals surface area contributed by atoms with Gasteiger partial charge in [0.15, 0.2) is 0 Å². The highest BCUT2D eigenvalue weighted by molar-refractivity contribution is 7.90. The zero-order valence-electron chi connectivity index (χ0n) is 13.1. The quantitative estimate of drug-likeness (QED) is 0.755. The number of benzene rings is 1. The molecule has 0 spiro atoms. The van der Waals surface area contributed by atoms with Crippen molar-refractivity contribution in [2.24, 2.45) is 4.99 Å². The Morgan fingerprint density at radius 2 is 2.00 bits per heavy atom. The van der Waals surface area contributed by atoms with Crippen molar-refractivity contribution in [3.05, 3.63) is 18.2 Å². The minimum atomic E-state index is -3.60. The number of fused-ring (bicyclic) bond motifs is 1. The van der Waals surface area contributed by atoms with Gasteiger partial charge in [0.05, 0.1) is 12.3 Å². The Morgan fingerprint density at radius 3 is 2.73 bits per heavy atom. The first-order valence-electron chi connectivity index (χ1n) is 7.68. The van der Waals surface area contributed by atoms with Gasteiger partial charge >= 0.3 is 0 Å². The molecular formula is C15H23N3O3S. The van der Waals surface area contributed by atoms with Gasteiger partial charge in [-0.15, -0.1) is 0 Å². The smallest absolute Gasteiger partial charge is 0.266 e. The van der Waals surface area contributed by atoms with Crippen molar-refractivity contribution in [2.75, 3.05) is 18.5 Å². The van der Waals surface area contributed by atoms with E-state index in [0.29, 0.717) is 24.6 Å². The SMILES string of the molecule is CCCCCCN=C1Nc2ccc(OCC)cc2S(=O)(=O)N1. The maximum absolute atomic E-state index is 12.3. The Kier molecular flexibility index (Phi) is 5.65. The lowest BCUT2D eigenvalue weighted by molar-refractivity contribution is 0.339. The number of unbranched alkanes of at least 4 members (excludes halogenated alkanes) is 3. The Morgan fingerprint density at radius 1 is 1.18 bits per heavy atom. The van der Waals surface area contributed by atoms with E-state index in [1.54, 1.807) is 12.1 Å². The van der Waals surface area contributed by atoms with Crippen molar-refractivity contribution >= 4 is 21.7 Å². The fourth-order valence-electron chi connectivity index (χ4n) is 2.22. The number of hydrogen-bond donors (Lipinski definition) is 2. The summed E-state index contributed by atoms with van der Waals surface area (Å²) in [7, 11) is -3.60. The van der Waals surface area contributed by atoms with Crippen LogP contribution in [-0.2, 0) is 10.0 Å². The Balaban J connectivity index is 2.12. The second-order valence-corrected chi connectivity index (χ2v) is 6.76. The van der Waals surface area contributed by atoms with Crippen molar-refractivity contribution in [3.8, 4) is 5.75 Å². The summed E-state index contributed by atoms with van der Waals surface area (Å²) >= 11 is 0. The molecule has 7 heteroatoms. The van der Waals surface area contributed by atoms with E-state index in [1.807, 2.05) is 6.92 Å². The predicted octanol–water partition coefficient (Wildman–Crippen LogP) is 2.73. The van der Waals surface area contributed by atoms with Crippen LogP contribution in [0.4, 0.5) is 5.69 Å². The predicted molar refractivity (Wildman–Crippen MR) is 88.0 cm³/mol. The summed E-state index contributed by atoms with van der Waals surface area (Å²) in [5.74, 6) is 0.821. The van der Waals surface area contributed by atoms with Gasteiger partial charge in [-0.1, -0.05) is 26.2 Å². The summed E-state index contributed by atoms with van der Waals surface area (Å²) in [5.41, 5.74) is 0.523. The van der Waals surface area contributed by atoms with Crippen molar-refractivity contribution < 1.29 is 13.2 Å². The van der Waals surface area contributed by atoms with E-state index >= 15 is 0 Å². The van der Waals surface area contributed by atoms with Gasteiger partial charge in [0.1, 0.15) is 10.6 Å². The van der Waals surface area contributed by atoms with E-state index in [1.165, 1.54) is 12.5 Å². The number of rotatable bonds is 7. The molecule has 1 aromatic carbocycles. The summed E-state index contributed by atoms with van der Waals surface area (Å²) < 4.78 is 32.4. The van der Waals surface area contributed by atoms with E-state index in [0.717, 1.165) is 19.3 Å². The van der Waals surface area contributed by atoms with E-state index in [9.17, 15) is 8.42 Å². The third kappa shape index (κ3) is 4.13. The monoisotopic (exact) mass is 325 g/mol. The lowest BCUT2D eigenvalue weighted by Crippen LogP contribution is -2.40. The number of hydrogen-bond acceptors (Lipinski definition) is 4. The summed E-state index contributed by atoms with van der Waals surface area (Å²) in [6.45, 7) is 5.10. The molecule has 6 nitrogen and oxygen atoms in total. The summed E-state index contributed by atoms with van der Waals surface area (Å²) in [4.78, 5) is 4.48. The molecule has 0 unspecified atom stereocenters. The molecule has 1 aliphatic heterocycles. The first kappa shape index (κ1) is 16.6. The van der Waals surface area contributed by atoms with E-state index in [4.69, 9.17) is 4.74 Å². The van der Waals surface area contributed by atoms with Gasteiger partial charge in [-0.2, -0.15) is 0 Å². The summed E-state index contributed by atoms with van der Waals surface area (Å²) in [6, 6.07) is 4.96. The fraction of sp³-hybridized carbons (Fsp3) is 0.533. The van der Waals surface area contributed by atoms with Gasteiger partial charge in [0.2, 0.25) is 5.96 Å². The normalized spacial score (nSPS) is 17.5. The van der Waals surface area contributed by atoms with Crippen LogP contribution in [-0.4, -0.2) is 27.5 Å². The van der Waals surface area contributed by atoms with Crippen LogP contribution in [0, 0.1) is 0 Å². The van der Waals surface area contributed by atoms with Crippen molar-refractivity contribution in [2.45, 2.75) is 44.4 Å². The first-order chi connectivity index (χ1) is 10.6. The van der Waals surface area contributed by atoms with Crippen LogP contribution >= 0.6 is 0 Å². The molecule has 0 bridgehead atoms. The minimum Gasteiger partial charge on any atom is -0.494 e. The van der Waals surface area contributed by atoms with Gasteiger partial charge in [-0.25, -0.2) is 13.1 Å². The summed E-state index contributed by atoms with van der Waals surface area (Å²) in [6.07, 6.45) is 4.40. The van der Waals surface area contributed by atoms with Crippen LogP contribution in [0.15, 0.2) is 28.1 Å². The molecule has 1 aliphatic rings. The molecule has 0 saturated carbocycles. The van der Waals surface area contributed by atoms with Gasteiger partial charge < -0.3 is 10.1 Å². The molecule has 1 aromatic rings. The minimum absolute atomic E-state index is 0.184. The largest absolute Gasteiger partial charge is 0.494 e. The van der Waals surface area contributed by atoms with Gasteiger partial charge in [0.25, 0.3) is 10.0 Å². The van der Waals surface area contributed by atoms with E-state index < -0.39 is 10.0 Å². The topological polar surface area (TPSA) is 79.8 Å². The van der Waals surface area contributed by atoms with Crippen LogP contribution in [0.25, 0.3) is 0 Å². The third-order valence-electron chi connectivity index (χ3n) is 3.32. The molecule has 2 N–H and O–H groups in total. The molecule has 0 fully saturated rings. The second kappa shape index (κ2) is 7.49. The maximum atomic E-state index is 12.3. The molecule has 2 rings (SSSR count). The molecule has 122 valence electrons. The first-order valence-corrected chi connectivity index (χ1v) is 9.16. The van der Waals surface area contributed by atoms with E-state index in [-0.39, 0.29) is 10.9 Å². The molecule has 0 amide bonds. The Bertz CT molecular complexity index is 641. The van der Waals surface area contributed by atoms with Crippen LogP contribution < -0.4 is 14.8 Å². The molecular weight excluding hydrogens is 302 g/mol. The number of guanidine groups is 1. The van der Waals surface area contributed by atoms with Gasteiger partial charge in [-0.05, 0) is 25.5 Å². The number of nitrogens with one attached hydrogen (secondary N) is 2. The van der Waals surface area contributed by atoms with E-state index in [2.05, 4.69) is 22.0 Å². The second-order valence-electron chi connectivity index (χ2n) is 5.11. The summed E-state index contributed by atoms with van der Waals surface area (Å²) in [5, 5.41) is 3.02. The fourth-order valence-corrected chi connectivity index (χ4v) is 3.38. The standard InChI is InChI=1S/C15H23N3O3S/c1-3-5-6-7-10-16-15-17-13-9-8-12(21-4-2)11-14(13)22(19,20)18-15/h8-9,11H,3-7,10H2,1-2H3,(H2,16,17,18). The average Bonchev–Trinajstić information content (AvgIpc) is 2.47. The number of aliphatic imine (C=N–C) groups is 1. The molecule has 0 saturated heterocycles. The van der Waals surface area contributed by atoms with Crippen molar-refractivity contribution in [3.63, 3.8) is 0 Å². The average molecular weight is 325 g/mol. The molecule has 0 aliphatic carbocycles. The highest BCUT2D eigenvalue weighted by atomic mass is 32.2. The lowest BCUT2D eigenvalue weighted by Gasteiger charge is -2.22. The van der Waals surface area contributed by atoms with Crippen LogP contribution in [0.1, 0.15) is 39.5 Å². The molecule has 1 heterocycles.